The molecule has 0 atom stereocenters. The number of nitrogens with one attached hydrogen (secondary N) is 1. The summed E-state index contributed by atoms with van der Waals surface area (Å²) >= 11 is 0. The molecule has 0 aliphatic carbocycles. The molecule has 4 rings (SSSR count). The van der Waals surface area contributed by atoms with Crippen LogP contribution in [0.1, 0.15) is 21.5 Å². The van der Waals surface area contributed by atoms with E-state index in [9.17, 15) is 4.79 Å². The van der Waals surface area contributed by atoms with Crippen molar-refractivity contribution in [3.8, 4) is 0 Å². The van der Waals surface area contributed by atoms with Gasteiger partial charge < -0.3 is 15.1 Å². The van der Waals surface area contributed by atoms with Gasteiger partial charge in [-0.25, -0.2) is 4.98 Å². The molecule has 1 amide bonds. The van der Waals surface area contributed by atoms with E-state index in [4.69, 9.17) is 0 Å². The molecule has 1 aromatic heterocycles. The number of aryl methyl sites for hydroxylation is 2. The molecule has 0 bridgehead atoms. The topological polar surface area (TPSA) is 48.5 Å². The van der Waals surface area contributed by atoms with E-state index >= 15 is 0 Å². The SMILES string of the molecule is Cc1ccc(C(=O)Nc2ccc(N3CCN(c4ccccn4)CC3)cc2)cc1C. The molecular weight excluding hydrogens is 360 g/mol. The largest absolute Gasteiger partial charge is 0.368 e. The summed E-state index contributed by atoms with van der Waals surface area (Å²) in [5, 5.41) is 2.99. The van der Waals surface area contributed by atoms with Crippen LogP contribution in [0.2, 0.25) is 0 Å². The van der Waals surface area contributed by atoms with Gasteiger partial charge in [0, 0.05) is 49.3 Å². The first kappa shape index (κ1) is 19.0. The Hall–Kier alpha value is -3.34. The fourth-order valence-corrected chi connectivity index (χ4v) is 3.58. The van der Waals surface area contributed by atoms with Gasteiger partial charge in [-0.3, -0.25) is 4.79 Å². The van der Waals surface area contributed by atoms with Crippen LogP contribution in [0.3, 0.4) is 0 Å². The predicted molar refractivity (Wildman–Crippen MR) is 119 cm³/mol. The van der Waals surface area contributed by atoms with Gasteiger partial charge in [0.2, 0.25) is 0 Å². The number of anilines is 3. The Bertz CT molecular complexity index is 978. The van der Waals surface area contributed by atoms with Gasteiger partial charge >= 0.3 is 0 Å². The molecule has 5 heteroatoms. The maximum Gasteiger partial charge on any atom is 0.255 e. The number of rotatable bonds is 4. The third-order valence-electron chi connectivity index (χ3n) is 5.51. The van der Waals surface area contributed by atoms with Crippen LogP contribution in [-0.4, -0.2) is 37.1 Å². The lowest BCUT2D eigenvalue weighted by molar-refractivity contribution is 0.102. The number of carbonyl (C=O) groups is 1. The van der Waals surface area contributed by atoms with Crippen molar-refractivity contribution in [2.24, 2.45) is 0 Å². The third-order valence-corrected chi connectivity index (χ3v) is 5.51. The van der Waals surface area contributed by atoms with E-state index in [1.54, 1.807) is 0 Å². The second-order valence-corrected chi connectivity index (χ2v) is 7.46. The Morgan fingerprint density at radius 2 is 1.59 bits per heavy atom. The first-order valence-electron chi connectivity index (χ1n) is 10.00. The quantitative estimate of drug-likeness (QED) is 0.727. The van der Waals surface area contributed by atoms with Crippen LogP contribution in [-0.2, 0) is 0 Å². The van der Waals surface area contributed by atoms with Crippen molar-refractivity contribution in [2.75, 3.05) is 41.3 Å². The van der Waals surface area contributed by atoms with Crippen LogP contribution in [0.15, 0.2) is 66.9 Å². The van der Waals surface area contributed by atoms with Crippen molar-refractivity contribution < 1.29 is 4.79 Å². The van der Waals surface area contributed by atoms with Gasteiger partial charge in [-0.05, 0) is 73.5 Å². The van der Waals surface area contributed by atoms with E-state index in [1.165, 1.54) is 11.3 Å². The molecule has 1 saturated heterocycles. The molecule has 1 aliphatic rings. The summed E-state index contributed by atoms with van der Waals surface area (Å²) in [6.45, 7) is 7.86. The monoisotopic (exact) mass is 386 g/mol. The highest BCUT2D eigenvalue weighted by molar-refractivity contribution is 6.04. The van der Waals surface area contributed by atoms with Crippen molar-refractivity contribution in [2.45, 2.75) is 13.8 Å². The molecule has 1 fully saturated rings. The number of hydrogen-bond donors (Lipinski definition) is 1. The van der Waals surface area contributed by atoms with E-state index in [0.717, 1.165) is 43.2 Å². The number of pyridine rings is 1. The maximum absolute atomic E-state index is 12.5. The Morgan fingerprint density at radius 1 is 0.862 bits per heavy atom. The highest BCUT2D eigenvalue weighted by atomic mass is 16.1. The fraction of sp³-hybridized carbons (Fsp3) is 0.250. The summed E-state index contributed by atoms with van der Waals surface area (Å²) in [5.74, 6) is 0.960. The zero-order valence-electron chi connectivity index (χ0n) is 16.9. The van der Waals surface area contributed by atoms with Crippen molar-refractivity contribution in [3.05, 3.63) is 83.6 Å². The molecule has 148 valence electrons. The van der Waals surface area contributed by atoms with Crippen molar-refractivity contribution in [1.82, 2.24) is 4.98 Å². The zero-order valence-corrected chi connectivity index (χ0v) is 16.9. The van der Waals surface area contributed by atoms with Gasteiger partial charge in [-0.15, -0.1) is 0 Å². The van der Waals surface area contributed by atoms with Crippen LogP contribution in [0.25, 0.3) is 0 Å². The van der Waals surface area contributed by atoms with Gasteiger partial charge in [0.1, 0.15) is 5.82 Å². The predicted octanol–water partition coefficient (Wildman–Crippen LogP) is 4.28. The second kappa shape index (κ2) is 8.35. The first-order chi connectivity index (χ1) is 14.1. The van der Waals surface area contributed by atoms with Crippen molar-refractivity contribution in [3.63, 3.8) is 0 Å². The Labute approximate surface area is 172 Å². The third kappa shape index (κ3) is 4.40. The maximum atomic E-state index is 12.5. The summed E-state index contributed by atoms with van der Waals surface area (Å²) in [4.78, 5) is 21.6. The normalized spacial score (nSPS) is 14.0. The number of nitrogens with zero attached hydrogens (tertiary/aromatic N) is 3. The molecule has 0 unspecified atom stereocenters. The van der Waals surface area contributed by atoms with Gasteiger partial charge in [0.25, 0.3) is 5.91 Å². The van der Waals surface area contributed by atoms with Crippen LogP contribution in [0.4, 0.5) is 17.2 Å². The van der Waals surface area contributed by atoms with E-state index in [0.29, 0.717) is 5.56 Å². The molecule has 2 heterocycles. The van der Waals surface area contributed by atoms with Crippen LogP contribution in [0, 0.1) is 13.8 Å². The van der Waals surface area contributed by atoms with Gasteiger partial charge in [0.15, 0.2) is 0 Å². The van der Waals surface area contributed by atoms with Crippen LogP contribution < -0.4 is 15.1 Å². The van der Waals surface area contributed by atoms with Gasteiger partial charge in [-0.1, -0.05) is 12.1 Å². The number of piperazine rings is 1. The lowest BCUT2D eigenvalue weighted by Gasteiger charge is -2.36. The minimum atomic E-state index is -0.0789. The summed E-state index contributed by atoms with van der Waals surface area (Å²) < 4.78 is 0. The van der Waals surface area contributed by atoms with E-state index in [-0.39, 0.29) is 5.91 Å². The molecular formula is C24H26N4O. The number of hydrogen-bond acceptors (Lipinski definition) is 4. The second-order valence-electron chi connectivity index (χ2n) is 7.46. The number of aromatic nitrogens is 1. The lowest BCUT2D eigenvalue weighted by atomic mass is 10.1. The summed E-state index contributed by atoms with van der Waals surface area (Å²) in [6, 6.07) is 19.9. The fourth-order valence-electron chi connectivity index (χ4n) is 3.58. The zero-order chi connectivity index (χ0) is 20.2. The van der Waals surface area contributed by atoms with Crippen LogP contribution >= 0.6 is 0 Å². The van der Waals surface area contributed by atoms with E-state index in [1.807, 2.05) is 62.5 Å². The molecule has 0 spiro atoms. The van der Waals surface area contributed by atoms with Crippen LogP contribution in [0.5, 0.6) is 0 Å². The van der Waals surface area contributed by atoms with Crippen molar-refractivity contribution >= 4 is 23.1 Å². The highest BCUT2D eigenvalue weighted by Crippen LogP contribution is 2.22. The summed E-state index contributed by atoms with van der Waals surface area (Å²) in [5.41, 5.74) is 4.98. The average Bonchev–Trinajstić information content (AvgIpc) is 2.77. The minimum absolute atomic E-state index is 0.0789. The Kier molecular flexibility index (Phi) is 5.47. The average molecular weight is 386 g/mol. The van der Waals surface area contributed by atoms with E-state index < -0.39 is 0 Å². The van der Waals surface area contributed by atoms with Crippen molar-refractivity contribution in [1.29, 1.82) is 0 Å². The Balaban J connectivity index is 1.36. The first-order valence-corrected chi connectivity index (χ1v) is 10.00. The van der Waals surface area contributed by atoms with Gasteiger partial charge in [0.05, 0.1) is 0 Å². The molecule has 0 saturated carbocycles. The smallest absolute Gasteiger partial charge is 0.255 e. The number of amides is 1. The lowest BCUT2D eigenvalue weighted by Crippen LogP contribution is -2.46. The highest BCUT2D eigenvalue weighted by Gasteiger charge is 2.18. The molecule has 0 radical (unpaired) electrons. The van der Waals surface area contributed by atoms with E-state index in [2.05, 4.69) is 38.3 Å². The van der Waals surface area contributed by atoms with Gasteiger partial charge in [-0.2, -0.15) is 0 Å². The molecule has 2 aromatic carbocycles. The molecule has 1 N–H and O–H groups in total. The Morgan fingerprint density at radius 3 is 2.24 bits per heavy atom. The number of benzene rings is 2. The minimum Gasteiger partial charge on any atom is -0.368 e. The molecule has 3 aromatic rings. The standard InChI is InChI=1S/C24H26N4O/c1-18-6-7-20(17-19(18)2)24(29)26-21-8-10-22(11-9-21)27-13-15-28(16-14-27)23-5-3-4-12-25-23/h3-12,17H,13-16H2,1-2H3,(H,26,29). The number of carbonyl (C=O) groups excluding carboxylic acids is 1. The molecule has 1 aliphatic heterocycles. The molecule has 5 nitrogen and oxygen atoms in total. The summed E-state index contributed by atoms with van der Waals surface area (Å²) in [6.07, 6.45) is 1.84. The molecule has 29 heavy (non-hydrogen) atoms. The summed E-state index contributed by atoms with van der Waals surface area (Å²) in [7, 11) is 0.